The Kier molecular flexibility index (Phi) is 57.6. The molecule has 4 unspecified atom stereocenters. The van der Waals surface area contributed by atoms with E-state index in [0.717, 1.165) is 120 Å². The van der Waals surface area contributed by atoms with E-state index in [2.05, 4.69) is 55.4 Å². The average molecular weight is 1300 g/mol. The molecule has 3 N–H and O–H groups in total. The minimum Gasteiger partial charge on any atom is -0.462 e. The lowest BCUT2D eigenvalue weighted by Gasteiger charge is -2.21. The van der Waals surface area contributed by atoms with Crippen LogP contribution in [-0.4, -0.2) is 96.7 Å². The minimum atomic E-state index is -4.95. The number of phosphoric ester groups is 2. The topological polar surface area (TPSA) is 237 Å². The molecule has 88 heavy (non-hydrogen) atoms. The summed E-state index contributed by atoms with van der Waals surface area (Å²) in [7, 11) is -9.90. The van der Waals surface area contributed by atoms with Gasteiger partial charge in [-0.2, -0.15) is 0 Å². The monoisotopic (exact) mass is 1300 g/mol. The van der Waals surface area contributed by atoms with Crippen LogP contribution in [0, 0.1) is 23.7 Å². The van der Waals surface area contributed by atoms with Crippen LogP contribution in [0.25, 0.3) is 0 Å². The molecule has 0 amide bonds. The van der Waals surface area contributed by atoms with E-state index in [4.69, 9.17) is 37.0 Å². The zero-order valence-electron chi connectivity index (χ0n) is 57.3. The van der Waals surface area contributed by atoms with Crippen LogP contribution in [0.1, 0.15) is 338 Å². The third-order valence-corrected chi connectivity index (χ3v) is 18.4. The maximum Gasteiger partial charge on any atom is 0.472 e. The van der Waals surface area contributed by atoms with Crippen molar-refractivity contribution in [2.24, 2.45) is 23.7 Å². The second-order valence-corrected chi connectivity index (χ2v) is 29.3. The molecule has 0 heterocycles. The number of aliphatic hydroxyl groups excluding tert-OH is 1. The summed E-state index contributed by atoms with van der Waals surface area (Å²) < 4.78 is 68.2. The van der Waals surface area contributed by atoms with Crippen molar-refractivity contribution in [3.05, 3.63) is 0 Å². The molecule has 0 radical (unpaired) electrons. The summed E-state index contributed by atoms with van der Waals surface area (Å²) in [6.45, 7) is 14.1. The number of carbonyl (C=O) groups excluding carboxylic acids is 4. The molecule has 0 fully saturated rings. The number of ether oxygens (including phenoxy) is 4. The fraction of sp³-hybridized carbons (Fsp3) is 0.942. The van der Waals surface area contributed by atoms with E-state index in [1.807, 2.05) is 0 Å². The second-order valence-electron chi connectivity index (χ2n) is 26.4. The van der Waals surface area contributed by atoms with Crippen LogP contribution in [0.2, 0.25) is 0 Å². The van der Waals surface area contributed by atoms with Crippen molar-refractivity contribution in [2.75, 3.05) is 39.6 Å². The molecule has 0 aliphatic heterocycles. The van der Waals surface area contributed by atoms with Crippen LogP contribution in [-0.2, 0) is 65.4 Å². The predicted molar refractivity (Wildman–Crippen MR) is 354 cm³/mol. The van der Waals surface area contributed by atoms with Gasteiger partial charge in [0, 0.05) is 25.7 Å². The summed E-state index contributed by atoms with van der Waals surface area (Å²) in [5, 5.41) is 10.6. The summed E-state index contributed by atoms with van der Waals surface area (Å²) in [4.78, 5) is 72.5. The van der Waals surface area contributed by atoms with Gasteiger partial charge in [0.1, 0.15) is 19.3 Å². The molecule has 19 heteroatoms. The van der Waals surface area contributed by atoms with Gasteiger partial charge in [0.05, 0.1) is 26.4 Å². The van der Waals surface area contributed by atoms with Crippen LogP contribution < -0.4 is 0 Å². The van der Waals surface area contributed by atoms with E-state index in [0.29, 0.717) is 31.6 Å². The number of aliphatic hydroxyl groups is 1. The number of phosphoric acid groups is 2. The highest BCUT2D eigenvalue weighted by Gasteiger charge is 2.30. The smallest absolute Gasteiger partial charge is 0.462 e. The summed E-state index contributed by atoms with van der Waals surface area (Å²) in [5.74, 6) is 0.857. The van der Waals surface area contributed by atoms with Gasteiger partial charge in [0.15, 0.2) is 12.2 Å². The third kappa shape index (κ3) is 60.3. The van der Waals surface area contributed by atoms with Crippen LogP contribution in [0.15, 0.2) is 0 Å². The third-order valence-electron chi connectivity index (χ3n) is 16.5. The molecular weight excluding hydrogens is 1160 g/mol. The second kappa shape index (κ2) is 58.8. The van der Waals surface area contributed by atoms with Gasteiger partial charge in [-0.05, 0) is 49.4 Å². The molecule has 0 aliphatic carbocycles. The Hall–Kier alpha value is -1.94. The first-order valence-electron chi connectivity index (χ1n) is 35.8. The maximum absolute atomic E-state index is 13.0. The van der Waals surface area contributed by atoms with Crippen molar-refractivity contribution in [3.63, 3.8) is 0 Å². The number of rotatable bonds is 66. The lowest BCUT2D eigenvalue weighted by Crippen LogP contribution is -2.30. The zero-order valence-corrected chi connectivity index (χ0v) is 59.1. The van der Waals surface area contributed by atoms with Gasteiger partial charge in [-0.3, -0.25) is 37.3 Å². The first-order valence-corrected chi connectivity index (χ1v) is 38.8. The van der Waals surface area contributed by atoms with Gasteiger partial charge >= 0.3 is 39.5 Å². The minimum absolute atomic E-state index is 0.105. The molecular formula is C69H134O17P2. The number of carbonyl (C=O) groups is 4. The van der Waals surface area contributed by atoms with Crippen molar-refractivity contribution >= 4 is 39.5 Å². The average Bonchev–Trinajstić information content (AvgIpc) is 3.65. The Morgan fingerprint density at radius 3 is 0.807 bits per heavy atom. The van der Waals surface area contributed by atoms with Gasteiger partial charge in [0.2, 0.25) is 0 Å². The number of hydrogen-bond donors (Lipinski definition) is 3. The highest BCUT2D eigenvalue weighted by molar-refractivity contribution is 7.47. The Balaban J connectivity index is 5.25. The lowest BCUT2D eigenvalue weighted by molar-refractivity contribution is -0.161. The molecule has 0 aromatic rings. The Morgan fingerprint density at radius 2 is 0.545 bits per heavy atom. The van der Waals surface area contributed by atoms with Crippen LogP contribution >= 0.6 is 15.6 Å². The first-order chi connectivity index (χ1) is 42.2. The van der Waals surface area contributed by atoms with Crippen molar-refractivity contribution in [1.29, 1.82) is 0 Å². The molecule has 17 nitrogen and oxygen atoms in total. The van der Waals surface area contributed by atoms with Crippen LogP contribution in [0.4, 0.5) is 0 Å². The molecule has 522 valence electrons. The number of unbranched alkanes of at least 4 members (excludes halogenated alkanes) is 30. The highest BCUT2D eigenvalue weighted by atomic mass is 31.2. The first kappa shape index (κ1) is 86.1. The molecule has 0 spiro atoms. The van der Waals surface area contributed by atoms with Gasteiger partial charge < -0.3 is 33.8 Å². The maximum atomic E-state index is 13.0. The largest absolute Gasteiger partial charge is 0.472 e. The highest BCUT2D eigenvalue weighted by Crippen LogP contribution is 2.45. The van der Waals surface area contributed by atoms with Gasteiger partial charge in [0.25, 0.3) is 0 Å². The van der Waals surface area contributed by atoms with Crippen molar-refractivity contribution in [2.45, 2.75) is 356 Å². The summed E-state index contributed by atoms with van der Waals surface area (Å²) in [6.07, 6.45) is 40.4. The van der Waals surface area contributed by atoms with Gasteiger partial charge in [-0.15, -0.1) is 0 Å². The molecule has 0 saturated heterocycles. The Bertz CT molecular complexity index is 1750. The Labute approximate surface area is 537 Å². The summed E-state index contributed by atoms with van der Waals surface area (Å²) in [5.41, 5.74) is 0. The fourth-order valence-electron chi connectivity index (χ4n) is 10.2. The predicted octanol–water partition coefficient (Wildman–Crippen LogP) is 19.3. The van der Waals surface area contributed by atoms with Crippen molar-refractivity contribution in [1.82, 2.24) is 0 Å². The number of hydrogen-bond acceptors (Lipinski definition) is 15. The standard InChI is InChI=1S/C69H134O17P2/c1-9-61(7)47-39-31-22-18-15-16-20-24-36-44-52-69(74)86-65(56-80-67(72)50-42-34-28-26-32-40-48-62(8)10-2)58-84-88(77,78)82-54-63(70)53-81-87(75,76)83-57-64(55-79-66(71)49-41-33-27-25-30-38-46-60(5)6)85-68(73)51-43-35-23-19-14-12-11-13-17-21-29-37-45-59(3)4/h59-65,70H,9-58H2,1-8H3,(H,75,76)(H,77,78)/t61?,62?,63-,64-,65-/m1/s1. The van der Waals surface area contributed by atoms with Gasteiger partial charge in [-0.25, -0.2) is 9.13 Å². The Morgan fingerprint density at radius 1 is 0.318 bits per heavy atom. The van der Waals surface area contributed by atoms with E-state index in [1.165, 1.54) is 128 Å². The van der Waals surface area contributed by atoms with Crippen molar-refractivity contribution in [3.8, 4) is 0 Å². The van der Waals surface area contributed by atoms with Gasteiger partial charge in [-0.1, -0.05) is 287 Å². The van der Waals surface area contributed by atoms with Crippen molar-refractivity contribution < 1.29 is 80.2 Å². The van der Waals surface area contributed by atoms with E-state index < -0.39 is 97.5 Å². The summed E-state index contributed by atoms with van der Waals surface area (Å²) in [6, 6.07) is 0. The van der Waals surface area contributed by atoms with E-state index in [1.54, 1.807) is 0 Å². The molecule has 0 aromatic heterocycles. The molecule has 0 rings (SSSR count). The molecule has 0 bridgehead atoms. The normalized spacial score (nSPS) is 14.9. The van der Waals surface area contributed by atoms with E-state index >= 15 is 0 Å². The summed E-state index contributed by atoms with van der Waals surface area (Å²) >= 11 is 0. The van der Waals surface area contributed by atoms with E-state index in [-0.39, 0.29) is 25.7 Å². The fourth-order valence-corrected chi connectivity index (χ4v) is 11.8. The van der Waals surface area contributed by atoms with E-state index in [9.17, 15) is 43.2 Å². The van der Waals surface area contributed by atoms with Crippen LogP contribution in [0.5, 0.6) is 0 Å². The number of esters is 4. The quantitative estimate of drug-likeness (QED) is 0.0222. The molecule has 0 aliphatic rings. The molecule has 0 aromatic carbocycles. The molecule has 0 saturated carbocycles. The lowest BCUT2D eigenvalue weighted by atomic mass is 9.99. The van der Waals surface area contributed by atoms with Crippen LogP contribution in [0.3, 0.4) is 0 Å². The SMILES string of the molecule is CCC(C)CCCCCCCCCCCCC(=O)O[C@H](COC(=O)CCCCCCCCC(C)CC)COP(=O)(O)OC[C@H](O)COP(=O)(O)OC[C@@H](COC(=O)CCCCCCCCC(C)C)OC(=O)CCCCCCCCCCCCCCC(C)C. The molecule has 7 atom stereocenters. The zero-order chi connectivity index (χ0) is 65.4.